The Hall–Kier alpha value is -2.09. The number of imidazole rings is 1. The fourth-order valence-corrected chi connectivity index (χ4v) is 6.14. The van der Waals surface area contributed by atoms with Crippen molar-refractivity contribution in [2.45, 2.75) is 24.5 Å². The molecule has 2 amide bonds. The molecule has 1 fully saturated rings. The van der Waals surface area contributed by atoms with Crippen molar-refractivity contribution < 1.29 is 65.9 Å². The number of nitrogens with two attached hydrogens (primary N) is 2. The number of phosphoric acid groups is 3. The number of carbonyl (C=O) groups is 1. The SMILES string of the molecule is NC(=O)NOP(=O)(OC[C@H]1O[C@@H](n2cnc3c(N)ncnc32)[C@H](O)[C@@H]1O)OP(=O)(O)OP(=O)(O)O. The van der Waals surface area contributed by atoms with Crippen molar-refractivity contribution in [3.8, 4) is 0 Å². The van der Waals surface area contributed by atoms with E-state index in [0.29, 0.717) is 0 Å². The third-order valence-corrected chi connectivity index (χ3v) is 8.15. The average molecular weight is 565 g/mol. The van der Waals surface area contributed by atoms with Gasteiger partial charge in [-0.15, -0.1) is 0 Å². The molecule has 35 heavy (non-hydrogen) atoms. The minimum absolute atomic E-state index is 0.0183. The Bertz CT molecular complexity index is 1240. The van der Waals surface area contributed by atoms with Crippen molar-refractivity contribution in [2.24, 2.45) is 5.73 Å². The van der Waals surface area contributed by atoms with E-state index in [1.807, 2.05) is 0 Å². The number of carbonyl (C=O) groups excluding carboxylic acids is 1. The number of aromatic nitrogens is 4. The van der Waals surface area contributed by atoms with Gasteiger partial charge in [0.2, 0.25) is 0 Å². The number of nitrogens with zero attached hydrogens (tertiary/aromatic N) is 4. The second-order valence-electron chi connectivity index (χ2n) is 6.55. The molecule has 0 radical (unpaired) electrons. The third-order valence-electron chi connectivity index (χ3n) is 4.07. The summed E-state index contributed by atoms with van der Waals surface area (Å²) in [5.74, 6) is 0.0183. The summed E-state index contributed by atoms with van der Waals surface area (Å²) in [4.78, 5) is 49.3. The summed E-state index contributed by atoms with van der Waals surface area (Å²) < 4.78 is 58.3. The summed E-state index contributed by atoms with van der Waals surface area (Å²) in [6.45, 7) is -1.01. The van der Waals surface area contributed by atoms with Crippen LogP contribution in [0.5, 0.6) is 0 Å². The molecule has 1 saturated heterocycles. The molecule has 0 spiro atoms. The van der Waals surface area contributed by atoms with Gasteiger partial charge in [-0.25, -0.2) is 38.9 Å². The molecular weight excluding hydrogens is 547 g/mol. The van der Waals surface area contributed by atoms with Crippen LogP contribution in [0.3, 0.4) is 0 Å². The van der Waals surface area contributed by atoms with Crippen LogP contribution in [0.4, 0.5) is 10.6 Å². The molecule has 0 saturated carbocycles. The van der Waals surface area contributed by atoms with E-state index in [1.54, 1.807) is 0 Å². The Labute approximate surface area is 193 Å². The number of aliphatic hydroxyl groups excluding tert-OH is 2. The number of nitrogen functional groups attached to an aromatic ring is 1. The van der Waals surface area contributed by atoms with Crippen LogP contribution in [0.25, 0.3) is 11.2 Å². The predicted molar refractivity (Wildman–Crippen MR) is 107 cm³/mol. The minimum Gasteiger partial charge on any atom is -0.387 e. The van der Waals surface area contributed by atoms with Crippen molar-refractivity contribution in [3.63, 3.8) is 0 Å². The molecule has 1 aliphatic rings. The fourth-order valence-electron chi connectivity index (χ4n) is 2.76. The van der Waals surface area contributed by atoms with E-state index in [4.69, 9.17) is 30.5 Å². The second kappa shape index (κ2) is 10.1. The van der Waals surface area contributed by atoms with Gasteiger partial charge >= 0.3 is 29.5 Å². The minimum atomic E-state index is -5.83. The van der Waals surface area contributed by atoms with E-state index in [1.165, 1.54) is 16.4 Å². The number of fused-ring (bicyclic) bond motifs is 1. The lowest BCUT2D eigenvalue weighted by Crippen LogP contribution is -2.34. The number of primary amides is 1. The van der Waals surface area contributed by atoms with Crippen LogP contribution in [-0.4, -0.2) is 75.4 Å². The molecule has 1 aliphatic heterocycles. The highest BCUT2D eigenvalue weighted by Gasteiger charge is 2.48. The molecule has 2 aromatic rings. The van der Waals surface area contributed by atoms with Gasteiger partial charge in [0.1, 0.15) is 30.2 Å². The largest absolute Gasteiger partial charge is 0.505 e. The Morgan fingerprint density at radius 2 is 1.83 bits per heavy atom. The Kier molecular flexibility index (Phi) is 7.94. The summed E-state index contributed by atoms with van der Waals surface area (Å²) >= 11 is 0. The molecule has 2 unspecified atom stereocenters. The predicted octanol–water partition coefficient (Wildman–Crippen LogP) is -2.02. The van der Waals surface area contributed by atoms with Crippen LogP contribution in [0.2, 0.25) is 0 Å². The number of ether oxygens (including phenoxy) is 1. The molecule has 21 nitrogen and oxygen atoms in total. The molecule has 0 bridgehead atoms. The summed E-state index contributed by atoms with van der Waals surface area (Å²) in [5.41, 5.74) is 12.0. The maximum atomic E-state index is 12.6. The van der Waals surface area contributed by atoms with Crippen molar-refractivity contribution in [2.75, 3.05) is 12.3 Å². The number of amides is 2. The van der Waals surface area contributed by atoms with Crippen molar-refractivity contribution in [3.05, 3.63) is 12.7 Å². The molecule has 6 atom stereocenters. The van der Waals surface area contributed by atoms with Crippen LogP contribution < -0.4 is 16.9 Å². The first-order valence-electron chi connectivity index (χ1n) is 8.85. The van der Waals surface area contributed by atoms with Gasteiger partial charge in [0.25, 0.3) is 0 Å². The summed E-state index contributed by atoms with van der Waals surface area (Å²) in [6, 6.07) is -1.48. The molecule has 0 aliphatic carbocycles. The van der Waals surface area contributed by atoms with Gasteiger partial charge in [-0.05, 0) is 0 Å². The molecule has 196 valence electrons. The first-order valence-corrected chi connectivity index (χ1v) is 13.3. The molecule has 0 aromatic carbocycles. The van der Waals surface area contributed by atoms with Crippen molar-refractivity contribution in [1.29, 1.82) is 0 Å². The standard InChI is InChI=1S/C11H18N7O14P3/c12-8-5-9(15-2-14-8)18(3-16-5)10-7(20)6(19)4(29-10)1-28-35(27,30-17-11(13)21)32-34(25,26)31-33(22,23)24/h2-4,6-7,10,19-20H,1H2,(H,25,26)(H2,12,14,15)(H3,13,17,21)(H2,22,23,24)/t4-,6-,7-,10-,35?/m1/s1. The van der Waals surface area contributed by atoms with Crippen LogP contribution in [0, 0.1) is 0 Å². The van der Waals surface area contributed by atoms with Gasteiger partial charge in [-0.1, -0.05) is 0 Å². The van der Waals surface area contributed by atoms with Crippen molar-refractivity contribution >= 4 is 46.5 Å². The highest BCUT2D eigenvalue weighted by Crippen LogP contribution is 2.68. The van der Waals surface area contributed by atoms with E-state index in [2.05, 4.69) is 28.2 Å². The highest BCUT2D eigenvalue weighted by atomic mass is 31.3. The second-order valence-corrected chi connectivity index (χ2v) is 11.1. The zero-order chi connectivity index (χ0) is 26.2. The van der Waals surface area contributed by atoms with Crippen LogP contribution in [-0.2, 0) is 36.2 Å². The number of hydrogen-bond donors (Lipinski definition) is 8. The van der Waals surface area contributed by atoms with E-state index in [9.17, 15) is 33.6 Å². The number of hydroxylamine groups is 1. The molecule has 2 aromatic heterocycles. The zero-order valence-electron chi connectivity index (χ0n) is 16.9. The van der Waals surface area contributed by atoms with Gasteiger partial charge in [0.05, 0.1) is 12.9 Å². The topological polar surface area (TPSA) is 323 Å². The molecule has 3 rings (SSSR count). The van der Waals surface area contributed by atoms with Gasteiger partial charge in [-0.2, -0.15) is 13.2 Å². The number of rotatable bonds is 10. The van der Waals surface area contributed by atoms with Crippen LogP contribution in [0.15, 0.2) is 12.7 Å². The van der Waals surface area contributed by atoms with E-state index < -0.39 is 60.6 Å². The highest BCUT2D eigenvalue weighted by molar-refractivity contribution is 7.66. The zero-order valence-corrected chi connectivity index (χ0v) is 19.5. The lowest BCUT2D eigenvalue weighted by molar-refractivity contribution is -0.0522. The Balaban J connectivity index is 1.77. The summed E-state index contributed by atoms with van der Waals surface area (Å²) in [5, 5.41) is 20.7. The number of urea groups is 1. The molecular formula is C11H18N7O14P3. The monoisotopic (exact) mass is 565 g/mol. The molecule has 3 heterocycles. The van der Waals surface area contributed by atoms with Gasteiger partial charge < -0.3 is 41.1 Å². The first kappa shape index (κ1) is 27.5. The lowest BCUT2D eigenvalue weighted by atomic mass is 10.1. The Morgan fingerprint density at radius 1 is 1.14 bits per heavy atom. The summed E-state index contributed by atoms with van der Waals surface area (Å²) in [7, 11) is -16.9. The number of hydrogen-bond acceptors (Lipinski definition) is 15. The van der Waals surface area contributed by atoms with Crippen LogP contribution >= 0.6 is 23.5 Å². The Morgan fingerprint density at radius 3 is 2.46 bits per heavy atom. The van der Waals surface area contributed by atoms with E-state index in [0.717, 1.165) is 6.33 Å². The smallest absolute Gasteiger partial charge is 0.387 e. The van der Waals surface area contributed by atoms with Gasteiger partial charge in [0, 0.05) is 0 Å². The maximum Gasteiger partial charge on any atom is 0.505 e. The van der Waals surface area contributed by atoms with Crippen molar-refractivity contribution in [1.82, 2.24) is 25.0 Å². The number of anilines is 1. The normalized spacial score (nSPS) is 26.3. The van der Waals surface area contributed by atoms with Crippen LogP contribution in [0.1, 0.15) is 6.23 Å². The summed E-state index contributed by atoms with van der Waals surface area (Å²) in [6.07, 6.45) is -3.97. The van der Waals surface area contributed by atoms with Gasteiger partial charge in [-0.3, -0.25) is 9.09 Å². The number of aliphatic hydroxyl groups is 2. The fraction of sp³-hybridized carbons (Fsp3) is 0.455. The quantitative estimate of drug-likeness (QED) is 0.114. The first-order chi connectivity index (χ1) is 16.1. The lowest BCUT2D eigenvalue weighted by Gasteiger charge is -2.21. The van der Waals surface area contributed by atoms with E-state index >= 15 is 0 Å². The maximum absolute atomic E-state index is 12.6. The average Bonchev–Trinajstić information content (AvgIpc) is 3.25. The molecule has 24 heteroatoms. The third kappa shape index (κ3) is 6.78. The number of nitrogens with one attached hydrogen (secondary N) is 1. The molecule has 10 N–H and O–H groups in total. The van der Waals surface area contributed by atoms with E-state index in [-0.39, 0.29) is 17.0 Å². The van der Waals surface area contributed by atoms with Gasteiger partial charge in [0.15, 0.2) is 17.7 Å².